The van der Waals surface area contributed by atoms with Crippen molar-refractivity contribution in [1.29, 1.82) is 0 Å². The fraction of sp³-hybridized carbons (Fsp3) is 0.150. The molecule has 0 bridgehead atoms. The van der Waals surface area contributed by atoms with Crippen LogP contribution in [0.3, 0.4) is 0 Å². The Balaban J connectivity index is 1.92. The van der Waals surface area contributed by atoms with Crippen molar-refractivity contribution in [2.45, 2.75) is 11.8 Å². The van der Waals surface area contributed by atoms with Crippen LogP contribution in [-0.2, 0) is 15.1 Å². The van der Waals surface area contributed by atoms with Gasteiger partial charge in [-0.3, -0.25) is 4.79 Å². The van der Waals surface area contributed by atoms with Crippen LogP contribution in [-0.4, -0.2) is 22.4 Å². The van der Waals surface area contributed by atoms with E-state index in [1.54, 1.807) is 0 Å². The van der Waals surface area contributed by atoms with Gasteiger partial charge in [-0.25, -0.2) is 17.6 Å². The van der Waals surface area contributed by atoms with Crippen molar-refractivity contribution < 1.29 is 42.0 Å². The number of rotatable bonds is 0. The van der Waals surface area contributed by atoms with Gasteiger partial charge in [0, 0.05) is 28.8 Å². The van der Waals surface area contributed by atoms with Gasteiger partial charge in [-0.1, -0.05) is 0 Å². The van der Waals surface area contributed by atoms with E-state index in [4.69, 9.17) is 9.47 Å². The lowest BCUT2D eigenvalue weighted by Gasteiger charge is -2.37. The molecule has 3 aliphatic rings. The van der Waals surface area contributed by atoms with Crippen LogP contribution < -0.4 is 4.74 Å². The summed E-state index contributed by atoms with van der Waals surface area (Å²) in [5, 5.41) is 19.6. The molecule has 148 valence electrons. The molecular weight excluding hydrogens is 396 g/mol. The summed E-state index contributed by atoms with van der Waals surface area (Å²) in [7, 11) is 0. The van der Waals surface area contributed by atoms with E-state index < -0.39 is 46.7 Å². The summed E-state index contributed by atoms with van der Waals surface area (Å²) in [5.74, 6) is -9.83. The molecule has 2 aromatic carbocycles. The SMILES string of the molecule is O=C1OC2(C3=C(F)C(F)=C(F)C(F)C13)c1ccc(O)cc1Oc1cc(O)ccc12. The van der Waals surface area contributed by atoms with E-state index in [0.29, 0.717) is 0 Å². The minimum atomic E-state index is -2.76. The summed E-state index contributed by atoms with van der Waals surface area (Å²) in [5.41, 5.74) is -2.94. The van der Waals surface area contributed by atoms with E-state index in [0.717, 1.165) is 12.1 Å². The highest BCUT2D eigenvalue weighted by atomic mass is 19.2. The van der Waals surface area contributed by atoms with Gasteiger partial charge < -0.3 is 19.7 Å². The highest BCUT2D eigenvalue weighted by Gasteiger charge is 2.64. The van der Waals surface area contributed by atoms with Gasteiger partial charge in [0.25, 0.3) is 0 Å². The summed E-state index contributed by atoms with van der Waals surface area (Å²) < 4.78 is 68.6. The Morgan fingerprint density at radius 1 is 0.897 bits per heavy atom. The number of alkyl halides is 1. The highest BCUT2D eigenvalue weighted by molar-refractivity contribution is 5.87. The molecule has 1 spiro atoms. The lowest BCUT2D eigenvalue weighted by Crippen LogP contribution is -2.35. The second-order valence-corrected chi connectivity index (χ2v) is 6.83. The third-order valence-electron chi connectivity index (χ3n) is 5.28. The predicted molar refractivity (Wildman–Crippen MR) is 88.9 cm³/mol. The maximum absolute atomic E-state index is 15.0. The number of hydrogen-bond acceptors (Lipinski definition) is 5. The molecular formula is C20H10F4O5. The molecule has 2 heterocycles. The molecule has 1 aliphatic carbocycles. The number of phenolic OH excluding ortho intramolecular Hbond substituents is 2. The first-order chi connectivity index (χ1) is 13.8. The molecule has 0 saturated carbocycles. The zero-order valence-corrected chi connectivity index (χ0v) is 14.2. The van der Waals surface area contributed by atoms with Gasteiger partial charge in [-0.2, -0.15) is 0 Å². The molecule has 1 saturated heterocycles. The number of hydrogen-bond donors (Lipinski definition) is 2. The molecule has 5 rings (SSSR count). The number of fused-ring (bicyclic) bond motifs is 6. The quantitative estimate of drug-likeness (QED) is 0.503. The van der Waals surface area contributed by atoms with Crippen LogP contribution in [0.25, 0.3) is 0 Å². The molecule has 2 unspecified atom stereocenters. The van der Waals surface area contributed by atoms with Gasteiger partial charge in [0.1, 0.15) is 28.9 Å². The van der Waals surface area contributed by atoms with Crippen LogP contribution in [0.2, 0.25) is 0 Å². The van der Waals surface area contributed by atoms with E-state index in [9.17, 15) is 32.6 Å². The second-order valence-electron chi connectivity index (χ2n) is 6.83. The number of allylic oxidation sites excluding steroid dienone is 3. The summed E-state index contributed by atoms with van der Waals surface area (Å²) in [6.45, 7) is 0. The molecule has 0 aromatic heterocycles. The molecule has 2 N–H and O–H groups in total. The van der Waals surface area contributed by atoms with Crippen molar-refractivity contribution in [1.82, 2.24) is 0 Å². The molecule has 2 aromatic rings. The third kappa shape index (κ3) is 2.07. The van der Waals surface area contributed by atoms with Crippen LogP contribution in [0.15, 0.2) is 59.5 Å². The number of carbonyl (C=O) groups is 1. The number of phenols is 2. The number of benzene rings is 2. The summed E-state index contributed by atoms with van der Waals surface area (Å²) in [4.78, 5) is 12.5. The number of carbonyl (C=O) groups excluding carboxylic acids is 1. The van der Waals surface area contributed by atoms with E-state index in [2.05, 4.69) is 0 Å². The molecule has 1 fully saturated rings. The molecule has 0 radical (unpaired) electrons. The lowest BCUT2D eigenvalue weighted by molar-refractivity contribution is -0.149. The Kier molecular flexibility index (Phi) is 3.35. The monoisotopic (exact) mass is 406 g/mol. The average Bonchev–Trinajstić information content (AvgIpc) is 2.97. The van der Waals surface area contributed by atoms with E-state index in [1.165, 1.54) is 24.3 Å². The topological polar surface area (TPSA) is 76.0 Å². The van der Waals surface area contributed by atoms with Crippen molar-refractivity contribution in [2.75, 3.05) is 0 Å². The summed E-state index contributed by atoms with van der Waals surface area (Å²) in [6.07, 6.45) is -2.76. The van der Waals surface area contributed by atoms with Crippen molar-refractivity contribution in [3.05, 3.63) is 70.6 Å². The smallest absolute Gasteiger partial charge is 0.318 e. The second kappa shape index (κ2) is 5.53. The number of aromatic hydroxyl groups is 2. The maximum atomic E-state index is 15.0. The number of halogens is 4. The minimum absolute atomic E-state index is 0.0169. The third-order valence-corrected chi connectivity index (χ3v) is 5.28. The van der Waals surface area contributed by atoms with Gasteiger partial charge in [0.2, 0.25) is 0 Å². The summed E-state index contributed by atoms with van der Waals surface area (Å²) in [6, 6.07) is 7.14. The van der Waals surface area contributed by atoms with E-state index in [-0.39, 0.29) is 34.1 Å². The predicted octanol–water partition coefficient (Wildman–Crippen LogP) is 4.35. The molecule has 9 heteroatoms. The first kappa shape index (κ1) is 17.6. The molecule has 5 nitrogen and oxygen atoms in total. The van der Waals surface area contributed by atoms with Crippen LogP contribution in [0.1, 0.15) is 11.1 Å². The molecule has 2 aliphatic heterocycles. The Morgan fingerprint density at radius 2 is 1.45 bits per heavy atom. The molecule has 2 atom stereocenters. The largest absolute Gasteiger partial charge is 0.508 e. The highest BCUT2D eigenvalue weighted by Crippen LogP contribution is 2.62. The lowest BCUT2D eigenvalue weighted by atomic mass is 9.72. The Hall–Kier alpha value is -3.49. The van der Waals surface area contributed by atoms with Gasteiger partial charge in [0.05, 0.1) is 0 Å². The van der Waals surface area contributed by atoms with Crippen LogP contribution in [0.4, 0.5) is 17.6 Å². The first-order valence-corrected chi connectivity index (χ1v) is 8.43. The normalized spacial score (nSPS) is 24.1. The van der Waals surface area contributed by atoms with Gasteiger partial charge in [-0.15, -0.1) is 0 Å². The zero-order chi connectivity index (χ0) is 20.7. The van der Waals surface area contributed by atoms with E-state index >= 15 is 0 Å². The first-order valence-electron chi connectivity index (χ1n) is 8.43. The molecule has 0 amide bonds. The fourth-order valence-corrected chi connectivity index (χ4v) is 4.09. The minimum Gasteiger partial charge on any atom is -0.508 e. The fourth-order valence-electron chi connectivity index (χ4n) is 4.09. The van der Waals surface area contributed by atoms with Gasteiger partial charge >= 0.3 is 5.97 Å². The number of esters is 1. The van der Waals surface area contributed by atoms with Crippen molar-refractivity contribution in [2.24, 2.45) is 5.92 Å². The van der Waals surface area contributed by atoms with Crippen molar-refractivity contribution >= 4 is 5.97 Å². The standard InChI is InChI=1S/C20H10F4O5/c21-15-13-14(16(22)18(24)17(15)23)20(29-19(13)27)9-3-1-7(25)5-11(9)28-12-6-8(26)2-4-10(12)20/h1-6,13,15,25-26H. The Bertz CT molecular complexity index is 1120. The zero-order valence-electron chi connectivity index (χ0n) is 14.2. The van der Waals surface area contributed by atoms with Gasteiger partial charge in [0.15, 0.2) is 29.3 Å². The summed E-state index contributed by atoms with van der Waals surface area (Å²) >= 11 is 0. The Labute approximate surface area is 160 Å². The van der Waals surface area contributed by atoms with Crippen LogP contribution >= 0.6 is 0 Å². The van der Waals surface area contributed by atoms with Crippen LogP contribution in [0, 0.1) is 5.92 Å². The molecule has 29 heavy (non-hydrogen) atoms. The average molecular weight is 406 g/mol. The van der Waals surface area contributed by atoms with Crippen molar-refractivity contribution in [3.8, 4) is 23.0 Å². The maximum Gasteiger partial charge on any atom is 0.318 e. The van der Waals surface area contributed by atoms with Crippen molar-refractivity contribution in [3.63, 3.8) is 0 Å². The van der Waals surface area contributed by atoms with Crippen LogP contribution in [0.5, 0.6) is 23.0 Å². The Morgan fingerprint density at radius 3 is 2.00 bits per heavy atom. The van der Waals surface area contributed by atoms with E-state index in [1.807, 2.05) is 0 Å². The van der Waals surface area contributed by atoms with Gasteiger partial charge in [-0.05, 0) is 24.3 Å². The number of ether oxygens (including phenoxy) is 2.